The molecule has 2 heterocycles. The zero-order valence-corrected chi connectivity index (χ0v) is 18.8. The van der Waals surface area contributed by atoms with Crippen LogP contribution in [0.4, 0.5) is 5.95 Å². The summed E-state index contributed by atoms with van der Waals surface area (Å²) in [7, 11) is 0. The summed E-state index contributed by atoms with van der Waals surface area (Å²) in [5.74, 6) is 0.420. The fourth-order valence-corrected chi connectivity index (χ4v) is 4.43. The van der Waals surface area contributed by atoms with Crippen molar-refractivity contribution in [2.45, 2.75) is 13.8 Å². The van der Waals surface area contributed by atoms with Crippen LogP contribution in [-0.4, -0.2) is 52.2 Å². The summed E-state index contributed by atoms with van der Waals surface area (Å²) in [6, 6.07) is 5.05. The Bertz CT molecular complexity index is 1070. The van der Waals surface area contributed by atoms with Crippen LogP contribution >= 0.6 is 34.5 Å². The number of hydrogen-bond donors (Lipinski definition) is 4. The molecule has 0 saturated carbocycles. The van der Waals surface area contributed by atoms with Crippen molar-refractivity contribution in [1.29, 1.82) is 5.41 Å². The predicted octanol–water partition coefficient (Wildman–Crippen LogP) is 4.27. The average molecular weight is 469 g/mol. The maximum Gasteiger partial charge on any atom is 0.221 e. The van der Waals surface area contributed by atoms with Crippen molar-refractivity contribution >= 4 is 56.5 Å². The highest BCUT2D eigenvalue weighted by Crippen LogP contribution is 2.40. The number of nitrogens with one attached hydrogen (secondary N) is 2. The monoisotopic (exact) mass is 468 g/mol. The van der Waals surface area contributed by atoms with Gasteiger partial charge < -0.3 is 15.4 Å². The molecule has 0 fully saturated rings. The minimum atomic E-state index is -0.148. The smallest absolute Gasteiger partial charge is 0.221 e. The van der Waals surface area contributed by atoms with Crippen LogP contribution in [0.5, 0.6) is 5.75 Å². The Morgan fingerprint density at radius 2 is 1.97 bits per heavy atom. The first-order valence-electron chi connectivity index (χ1n) is 9.28. The number of hydrogen-bond acceptors (Lipinski definition) is 8. The first-order chi connectivity index (χ1) is 14.4. The molecule has 0 radical (unpaired) electrons. The zero-order valence-electron chi connectivity index (χ0n) is 16.5. The van der Waals surface area contributed by atoms with Crippen LogP contribution in [0.15, 0.2) is 18.2 Å². The second-order valence-electron chi connectivity index (χ2n) is 6.38. The number of fused-ring (bicyclic) bond motifs is 1. The molecule has 0 bridgehead atoms. The van der Waals surface area contributed by atoms with Crippen molar-refractivity contribution in [3.63, 3.8) is 0 Å². The van der Waals surface area contributed by atoms with Gasteiger partial charge in [-0.05, 0) is 31.3 Å². The summed E-state index contributed by atoms with van der Waals surface area (Å²) >= 11 is 14.0. The number of benzene rings is 1. The van der Waals surface area contributed by atoms with Crippen LogP contribution in [0, 0.1) is 5.41 Å². The van der Waals surface area contributed by atoms with Crippen LogP contribution in [0.1, 0.15) is 18.7 Å². The zero-order chi connectivity index (χ0) is 21.8. The molecule has 3 aromatic rings. The van der Waals surface area contributed by atoms with Crippen molar-refractivity contribution in [2.75, 3.05) is 32.0 Å². The SMILES string of the molecule is CCN(CC)CCOc1cc(-c2nc(N)nc3sc(C(=N)NO)cc23)c(Cl)cc1Cl. The Morgan fingerprint density at radius 1 is 1.23 bits per heavy atom. The summed E-state index contributed by atoms with van der Waals surface area (Å²) in [5.41, 5.74) is 8.82. The Hall–Kier alpha value is -2.17. The summed E-state index contributed by atoms with van der Waals surface area (Å²) in [6.45, 7) is 7.33. The van der Waals surface area contributed by atoms with Crippen molar-refractivity contribution in [2.24, 2.45) is 0 Å². The number of nitrogen functional groups attached to an aromatic ring is 1. The van der Waals surface area contributed by atoms with E-state index in [0.29, 0.717) is 48.8 Å². The minimum absolute atomic E-state index is 0.0735. The highest BCUT2D eigenvalue weighted by atomic mass is 35.5. The molecule has 11 heteroatoms. The number of anilines is 1. The van der Waals surface area contributed by atoms with E-state index >= 15 is 0 Å². The molecule has 0 amide bonds. The largest absolute Gasteiger partial charge is 0.491 e. The molecule has 1 aromatic carbocycles. The van der Waals surface area contributed by atoms with Gasteiger partial charge >= 0.3 is 0 Å². The van der Waals surface area contributed by atoms with E-state index in [2.05, 4.69) is 28.7 Å². The minimum Gasteiger partial charge on any atom is -0.491 e. The first-order valence-corrected chi connectivity index (χ1v) is 10.9. The summed E-state index contributed by atoms with van der Waals surface area (Å²) in [4.78, 5) is 11.9. The van der Waals surface area contributed by atoms with Crippen LogP contribution in [0.3, 0.4) is 0 Å². The van der Waals surface area contributed by atoms with Gasteiger partial charge in [0.1, 0.15) is 17.2 Å². The molecule has 2 aromatic heterocycles. The van der Waals surface area contributed by atoms with Gasteiger partial charge in [-0.25, -0.2) is 9.97 Å². The summed E-state index contributed by atoms with van der Waals surface area (Å²) < 4.78 is 5.91. The van der Waals surface area contributed by atoms with E-state index in [0.717, 1.165) is 19.6 Å². The lowest BCUT2D eigenvalue weighted by molar-refractivity contribution is 0.223. The molecule has 3 rings (SSSR count). The number of hydroxylamine groups is 1. The Kier molecular flexibility index (Phi) is 7.32. The van der Waals surface area contributed by atoms with Gasteiger partial charge in [0.15, 0.2) is 5.84 Å². The molecule has 160 valence electrons. The molecule has 0 unspecified atom stereocenters. The van der Waals surface area contributed by atoms with Gasteiger partial charge in [-0.15, -0.1) is 11.3 Å². The highest BCUT2D eigenvalue weighted by molar-refractivity contribution is 7.20. The third kappa shape index (κ3) is 4.76. The van der Waals surface area contributed by atoms with Crippen molar-refractivity contribution < 1.29 is 9.94 Å². The molecule has 0 saturated heterocycles. The van der Waals surface area contributed by atoms with Crippen LogP contribution in [0.2, 0.25) is 10.0 Å². The van der Waals surface area contributed by atoms with Gasteiger partial charge in [-0.2, -0.15) is 0 Å². The molecular weight excluding hydrogens is 447 g/mol. The van der Waals surface area contributed by atoms with Gasteiger partial charge in [0.25, 0.3) is 0 Å². The standard InChI is InChI=1S/C19H22Cl2N6O2S/c1-3-27(4-2)5-6-29-14-7-10(12(20)9-13(14)21)16-11-8-15(17(22)26-28)30-18(11)25-19(23)24-16/h7-9,28H,3-6H2,1-2H3,(H2,22,26)(H2,23,24,25). The fourth-order valence-electron chi connectivity index (χ4n) is 2.97. The number of nitrogens with zero attached hydrogens (tertiary/aromatic N) is 3. The van der Waals surface area contributed by atoms with Crippen molar-refractivity contribution in [1.82, 2.24) is 20.3 Å². The number of likely N-dealkylation sites (N-methyl/N-ethyl adjacent to an activating group) is 1. The molecule has 30 heavy (non-hydrogen) atoms. The Balaban J connectivity index is 2.01. The average Bonchev–Trinajstić information content (AvgIpc) is 3.15. The van der Waals surface area contributed by atoms with E-state index in [1.165, 1.54) is 11.3 Å². The number of ether oxygens (including phenoxy) is 1. The Morgan fingerprint density at radius 3 is 2.63 bits per heavy atom. The molecule has 0 spiro atoms. The number of thiophene rings is 1. The topological polar surface area (TPSA) is 120 Å². The summed E-state index contributed by atoms with van der Waals surface area (Å²) in [5, 5.41) is 18.3. The molecular formula is C19H22Cl2N6O2S. The van der Waals surface area contributed by atoms with E-state index in [1.807, 2.05) is 5.48 Å². The number of amidine groups is 1. The van der Waals surface area contributed by atoms with E-state index in [4.69, 9.17) is 44.3 Å². The number of aromatic nitrogens is 2. The third-order valence-corrected chi connectivity index (χ3v) is 6.26. The Labute approximate surface area is 188 Å². The quantitative estimate of drug-likeness (QED) is 0.221. The van der Waals surface area contributed by atoms with Crippen LogP contribution in [0.25, 0.3) is 21.5 Å². The first kappa shape index (κ1) is 22.5. The predicted molar refractivity (Wildman–Crippen MR) is 122 cm³/mol. The van der Waals surface area contributed by atoms with Gasteiger partial charge in [-0.3, -0.25) is 16.1 Å². The summed E-state index contributed by atoms with van der Waals surface area (Å²) in [6.07, 6.45) is 0. The van der Waals surface area contributed by atoms with Crippen LogP contribution in [-0.2, 0) is 0 Å². The molecule has 0 aliphatic heterocycles. The maximum atomic E-state index is 9.04. The normalized spacial score (nSPS) is 11.3. The van der Waals surface area contributed by atoms with E-state index in [9.17, 15) is 0 Å². The molecule has 0 aliphatic carbocycles. The van der Waals surface area contributed by atoms with Gasteiger partial charge in [0, 0.05) is 17.5 Å². The van der Waals surface area contributed by atoms with Crippen molar-refractivity contribution in [3.05, 3.63) is 33.1 Å². The lowest BCUT2D eigenvalue weighted by Crippen LogP contribution is -2.27. The van der Waals surface area contributed by atoms with E-state index < -0.39 is 0 Å². The lowest BCUT2D eigenvalue weighted by atomic mass is 10.1. The van der Waals surface area contributed by atoms with Gasteiger partial charge in [0.2, 0.25) is 5.95 Å². The molecule has 0 atom stereocenters. The van der Waals surface area contributed by atoms with Crippen LogP contribution < -0.4 is 16.0 Å². The molecule has 8 nitrogen and oxygen atoms in total. The van der Waals surface area contributed by atoms with E-state index in [-0.39, 0.29) is 11.8 Å². The highest BCUT2D eigenvalue weighted by Gasteiger charge is 2.18. The van der Waals surface area contributed by atoms with Gasteiger partial charge in [0.05, 0.1) is 20.6 Å². The third-order valence-electron chi connectivity index (χ3n) is 4.60. The lowest BCUT2D eigenvalue weighted by Gasteiger charge is -2.19. The molecule has 5 N–H and O–H groups in total. The molecule has 0 aliphatic rings. The fraction of sp³-hybridized carbons (Fsp3) is 0.316. The second kappa shape index (κ2) is 9.76. The number of rotatable bonds is 8. The van der Waals surface area contributed by atoms with E-state index in [1.54, 1.807) is 18.2 Å². The van der Waals surface area contributed by atoms with Crippen molar-refractivity contribution in [3.8, 4) is 17.0 Å². The maximum absolute atomic E-state index is 9.04. The van der Waals surface area contributed by atoms with Gasteiger partial charge in [-0.1, -0.05) is 37.0 Å². The number of nitrogens with two attached hydrogens (primary N) is 1. The number of halogens is 2. The second-order valence-corrected chi connectivity index (χ2v) is 8.23.